The molecule has 1 aromatic carbocycles. The highest BCUT2D eigenvalue weighted by Crippen LogP contribution is 2.37. The van der Waals surface area contributed by atoms with E-state index in [2.05, 4.69) is 22.3 Å². The Balaban J connectivity index is 2.01. The first-order chi connectivity index (χ1) is 7.88. The zero-order chi connectivity index (χ0) is 11.0. The van der Waals surface area contributed by atoms with E-state index >= 15 is 0 Å². The summed E-state index contributed by atoms with van der Waals surface area (Å²) in [7, 11) is 1.77. The van der Waals surface area contributed by atoms with Crippen molar-refractivity contribution in [3.8, 4) is 5.75 Å². The van der Waals surface area contributed by atoms with E-state index in [0.717, 1.165) is 31.8 Å². The highest BCUT2D eigenvalue weighted by Gasteiger charge is 2.20. The second-order valence-electron chi connectivity index (χ2n) is 4.55. The Morgan fingerprint density at radius 2 is 2.06 bits per heavy atom. The minimum absolute atomic E-state index is 1.03. The van der Waals surface area contributed by atoms with Crippen molar-refractivity contribution in [3.63, 3.8) is 0 Å². The number of hydrogen-bond donors (Lipinski definition) is 1. The molecule has 16 heavy (non-hydrogen) atoms. The van der Waals surface area contributed by atoms with Gasteiger partial charge in [-0.25, -0.2) is 0 Å². The van der Waals surface area contributed by atoms with Crippen molar-refractivity contribution < 1.29 is 4.74 Å². The molecule has 0 spiro atoms. The molecule has 2 aliphatic rings. The molecule has 3 nitrogen and oxygen atoms in total. The lowest BCUT2D eigenvalue weighted by Crippen LogP contribution is -2.18. The van der Waals surface area contributed by atoms with Crippen LogP contribution >= 0.6 is 0 Å². The molecule has 2 aliphatic heterocycles. The van der Waals surface area contributed by atoms with Gasteiger partial charge in [-0.1, -0.05) is 0 Å². The van der Waals surface area contributed by atoms with Crippen LogP contribution < -0.4 is 15.0 Å². The molecule has 0 atom stereocenters. The minimum atomic E-state index is 1.03. The van der Waals surface area contributed by atoms with E-state index < -0.39 is 0 Å². The highest BCUT2D eigenvalue weighted by molar-refractivity contribution is 5.71. The summed E-state index contributed by atoms with van der Waals surface area (Å²) in [6, 6.07) is 4.45. The maximum Gasteiger partial charge on any atom is 0.142 e. The van der Waals surface area contributed by atoms with Gasteiger partial charge >= 0.3 is 0 Å². The quantitative estimate of drug-likeness (QED) is 0.824. The molecule has 0 saturated carbocycles. The smallest absolute Gasteiger partial charge is 0.142 e. The molecular formula is C13H18N2O. The number of nitrogens with zero attached hydrogens (tertiary/aromatic N) is 1. The van der Waals surface area contributed by atoms with Gasteiger partial charge in [-0.15, -0.1) is 0 Å². The van der Waals surface area contributed by atoms with Gasteiger partial charge in [0.15, 0.2) is 0 Å². The third kappa shape index (κ3) is 1.51. The number of nitrogens with one attached hydrogen (secondary N) is 1. The monoisotopic (exact) mass is 218 g/mol. The summed E-state index contributed by atoms with van der Waals surface area (Å²) >= 11 is 0. The second kappa shape index (κ2) is 3.89. The van der Waals surface area contributed by atoms with Crippen molar-refractivity contribution >= 4 is 11.4 Å². The van der Waals surface area contributed by atoms with Crippen LogP contribution in [0.1, 0.15) is 18.4 Å². The summed E-state index contributed by atoms with van der Waals surface area (Å²) in [5.41, 5.74) is 3.94. The van der Waals surface area contributed by atoms with Crippen LogP contribution in [0.5, 0.6) is 5.75 Å². The van der Waals surface area contributed by atoms with Gasteiger partial charge in [-0.2, -0.15) is 0 Å². The Morgan fingerprint density at radius 1 is 1.25 bits per heavy atom. The first-order valence-corrected chi connectivity index (χ1v) is 6.08. The molecule has 1 N–H and O–H groups in total. The Kier molecular flexibility index (Phi) is 2.39. The van der Waals surface area contributed by atoms with Crippen LogP contribution in [-0.4, -0.2) is 26.7 Å². The molecule has 1 saturated heterocycles. The number of hydrogen-bond acceptors (Lipinski definition) is 3. The molecule has 0 unspecified atom stereocenters. The minimum Gasteiger partial charge on any atom is -0.495 e. The highest BCUT2D eigenvalue weighted by atomic mass is 16.5. The Bertz CT molecular complexity index is 397. The molecule has 0 bridgehead atoms. The molecule has 86 valence electrons. The topological polar surface area (TPSA) is 24.5 Å². The van der Waals surface area contributed by atoms with Gasteiger partial charge in [0.05, 0.1) is 12.8 Å². The number of fused-ring (bicyclic) bond motifs is 1. The third-order valence-corrected chi connectivity index (χ3v) is 3.56. The number of benzene rings is 1. The van der Waals surface area contributed by atoms with Gasteiger partial charge in [0.1, 0.15) is 5.75 Å². The lowest BCUT2D eigenvalue weighted by molar-refractivity contribution is 0.414. The van der Waals surface area contributed by atoms with Gasteiger partial charge < -0.3 is 15.0 Å². The van der Waals surface area contributed by atoms with E-state index in [-0.39, 0.29) is 0 Å². The van der Waals surface area contributed by atoms with Crippen LogP contribution in [0.15, 0.2) is 12.1 Å². The fourth-order valence-corrected chi connectivity index (χ4v) is 2.68. The number of ether oxygens (including phenoxy) is 1. The van der Waals surface area contributed by atoms with Gasteiger partial charge in [0, 0.05) is 25.3 Å². The molecule has 3 rings (SSSR count). The lowest BCUT2D eigenvalue weighted by Gasteiger charge is -2.21. The molecule has 0 radical (unpaired) electrons. The van der Waals surface area contributed by atoms with E-state index in [1.54, 1.807) is 7.11 Å². The normalized spacial score (nSPS) is 18.4. The lowest BCUT2D eigenvalue weighted by atomic mass is 10.1. The molecule has 2 heterocycles. The van der Waals surface area contributed by atoms with Crippen molar-refractivity contribution in [2.75, 3.05) is 37.0 Å². The first-order valence-electron chi connectivity index (χ1n) is 6.08. The molecule has 0 aromatic heterocycles. The Labute approximate surface area is 96.4 Å². The average molecular weight is 218 g/mol. The Morgan fingerprint density at radius 3 is 2.81 bits per heavy atom. The van der Waals surface area contributed by atoms with Crippen LogP contribution in [0.4, 0.5) is 11.4 Å². The zero-order valence-electron chi connectivity index (χ0n) is 9.75. The predicted octanol–water partition coefficient (Wildman–Crippen LogP) is 2.26. The molecule has 0 aliphatic carbocycles. The number of anilines is 2. The molecule has 0 amide bonds. The molecule has 3 heteroatoms. The summed E-state index contributed by atoms with van der Waals surface area (Å²) in [5.74, 6) is 1.03. The Hall–Kier alpha value is -1.38. The predicted molar refractivity (Wildman–Crippen MR) is 66.6 cm³/mol. The van der Waals surface area contributed by atoms with Crippen molar-refractivity contribution in [1.82, 2.24) is 0 Å². The summed E-state index contributed by atoms with van der Waals surface area (Å²) in [4.78, 5) is 2.43. The second-order valence-corrected chi connectivity index (χ2v) is 4.55. The van der Waals surface area contributed by atoms with Gasteiger partial charge in [-0.3, -0.25) is 0 Å². The van der Waals surface area contributed by atoms with E-state index in [1.807, 2.05) is 0 Å². The fraction of sp³-hybridized carbons (Fsp3) is 0.538. The van der Waals surface area contributed by atoms with Gasteiger partial charge in [0.2, 0.25) is 0 Å². The summed E-state index contributed by atoms with van der Waals surface area (Å²) in [5, 5.41) is 3.43. The van der Waals surface area contributed by atoms with Crippen molar-refractivity contribution in [2.45, 2.75) is 19.3 Å². The summed E-state index contributed by atoms with van der Waals surface area (Å²) < 4.78 is 5.51. The van der Waals surface area contributed by atoms with Crippen LogP contribution in [0.2, 0.25) is 0 Å². The van der Waals surface area contributed by atoms with E-state index in [9.17, 15) is 0 Å². The largest absolute Gasteiger partial charge is 0.495 e. The fourth-order valence-electron chi connectivity index (χ4n) is 2.68. The third-order valence-electron chi connectivity index (χ3n) is 3.56. The van der Waals surface area contributed by atoms with Gasteiger partial charge in [0.25, 0.3) is 0 Å². The van der Waals surface area contributed by atoms with Crippen molar-refractivity contribution in [1.29, 1.82) is 0 Å². The van der Waals surface area contributed by atoms with Crippen molar-refractivity contribution in [2.24, 2.45) is 0 Å². The van der Waals surface area contributed by atoms with Gasteiger partial charge in [-0.05, 0) is 37.0 Å². The van der Waals surface area contributed by atoms with Crippen LogP contribution in [0, 0.1) is 0 Å². The van der Waals surface area contributed by atoms with Crippen LogP contribution in [0.3, 0.4) is 0 Å². The number of methoxy groups -OCH3 is 1. The first kappa shape index (κ1) is 9.82. The average Bonchev–Trinajstić information content (AvgIpc) is 2.97. The molecule has 1 fully saturated rings. The number of rotatable bonds is 2. The van der Waals surface area contributed by atoms with E-state index in [0.29, 0.717) is 0 Å². The summed E-state index contributed by atoms with van der Waals surface area (Å²) in [6.07, 6.45) is 3.72. The SMILES string of the molecule is COc1cc2c(cc1N1CCCC1)NCC2. The van der Waals surface area contributed by atoms with E-state index in [1.165, 1.54) is 29.8 Å². The van der Waals surface area contributed by atoms with Crippen LogP contribution in [-0.2, 0) is 6.42 Å². The van der Waals surface area contributed by atoms with Crippen LogP contribution in [0.25, 0.3) is 0 Å². The zero-order valence-corrected chi connectivity index (χ0v) is 9.75. The maximum atomic E-state index is 5.51. The standard InChI is InChI=1S/C13H18N2O/c1-16-13-8-10-4-5-14-11(10)9-12(13)15-6-2-3-7-15/h8-9,14H,2-7H2,1H3. The molecule has 1 aromatic rings. The molecular weight excluding hydrogens is 200 g/mol. The maximum absolute atomic E-state index is 5.51. The summed E-state index contributed by atoms with van der Waals surface area (Å²) in [6.45, 7) is 3.38. The van der Waals surface area contributed by atoms with Crippen molar-refractivity contribution in [3.05, 3.63) is 17.7 Å². The van der Waals surface area contributed by atoms with E-state index in [4.69, 9.17) is 4.74 Å².